The molecule has 2 rings (SSSR count). The van der Waals surface area contributed by atoms with E-state index in [0.29, 0.717) is 12.1 Å². The van der Waals surface area contributed by atoms with Crippen molar-refractivity contribution in [3.8, 4) is 16.9 Å². The van der Waals surface area contributed by atoms with E-state index in [2.05, 4.69) is 5.32 Å². The monoisotopic (exact) mass is 315 g/mol. The topological polar surface area (TPSA) is 89.8 Å². The summed E-state index contributed by atoms with van der Waals surface area (Å²) in [6.07, 6.45) is -1.67. The summed E-state index contributed by atoms with van der Waals surface area (Å²) in [5, 5.41) is 32.0. The molecular formula is C18H21NO4. The Kier molecular flexibility index (Phi) is 5.73. The lowest BCUT2D eigenvalue weighted by Crippen LogP contribution is -2.27. The summed E-state index contributed by atoms with van der Waals surface area (Å²) in [5.41, 5.74) is 2.52. The van der Waals surface area contributed by atoms with Crippen molar-refractivity contribution in [2.24, 2.45) is 0 Å². The number of benzene rings is 2. The maximum atomic E-state index is 10.8. The third kappa shape index (κ3) is 4.81. The van der Waals surface area contributed by atoms with Crippen LogP contribution in [0.4, 0.5) is 0 Å². The van der Waals surface area contributed by atoms with Gasteiger partial charge in [-0.05, 0) is 35.2 Å². The van der Waals surface area contributed by atoms with Crippen LogP contribution in [-0.4, -0.2) is 33.9 Å². The Bertz CT molecular complexity index is 637. The van der Waals surface area contributed by atoms with Crippen molar-refractivity contribution < 1.29 is 20.1 Å². The third-order valence-electron chi connectivity index (χ3n) is 3.63. The summed E-state index contributed by atoms with van der Waals surface area (Å²) in [7, 11) is 0. The number of carbonyl (C=O) groups excluding carboxylic acids is 1. The number of rotatable bonds is 6. The van der Waals surface area contributed by atoms with E-state index in [1.54, 1.807) is 24.3 Å². The molecule has 0 aliphatic heterocycles. The highest BCUT2D eigenvalue weighted by atomic mass is 16.3. The molecule has 0 radical (unpaired) electrons. The van der Waals surface area contributed by atoms with E-state index in [9.17, 15) is 20.1 Å². The van der Waals surface area contributed by atoms with Crippen molar-refractivity contribution in [3.05, 3.63) is 54.1 Å². The zero-order valence-electron chi connectivity index (χ0n) is 12.9. The average Bonchev–Trinajstić information content (AvgIpc) is 2.54. The second-order valence-corrected chi connectivity index (χ2v) is 5.45. The van der Waals surface area contributed by atoms with Gasteiger partial charge in [-0.3, -0.25) is 4.79 Å². The number of hydrogen-bond acceptors (Lipinski definition) is 4. The quantitative estimate of drug-likeness (QED) is 0.656. The Labute approximate surface area is 135 Å². The van der Waals surface area contributed by atoms with Crippen LogP contribution >= 0.6 is 0 Å². The summed E-state index contributed by atoms with van der Waals surface area (Å²) in [6.45, 7) is 1.73. The number of aromatic hydroxyl groups is 1. The van der Waals surface area contributed by atoms with Crippen LogP contribution in [0.15, 0.2) is 48.5 Å². The molecule has 2 unspecified atom stereocenters. The molecule has 0 aromatic heterocycles. The molecule has 4 N–H and O–H groups in total. The second-order valence-electron chi connectivity index (χ2n) is 5.45. The van der Waals surface area contributed by atoms with E-state index < -0.39 is 12.2 Å². The Morgan fingerprint density at radius 1 is 1.00 bits per heavy atom. The number of aliphatic hydroxyl groups is 2. The minimum Gasteiger partial charge on any atom is -0.508 e. The summed E-state index contributed by atoms with van der Waals surface area (Å²) < 4.78 is 0. The molecule has 5 heteroatoms. The van der Waals surface area contributed by atoms with Gasteiger partial charge in [0, 0.05) is 13.5 Å². The molecule has 0 bridgehead atoms. The Morgan fingerprint density at radius 2 is 1.52 bits per heavy atom. The van der Waals surface area contributed by atoms with Gasteiger partial charge in [-0.25, -0.2) is 0 Å². The Morgan fingerprint density at radius 3 is 2.04 bits per heavy atom. The number of amides is 1. The number of phenols is 1. The molecule has 2 atom stereocenters. The highest BCUT2D eigenvalue weighted by Crippen LogP contribution is 2.25. The largest absolute Gasteiger partial charge is 0.508 e. The fourth-order valence-corrected chi connectivity index (χ4v) is 2.30. The predicted molar refractivity (Wildman–Crippen MR) is 87.8 cm³/mol. The first kappa shape index (κ1) is 17.0. The first-order valence-corrected chi connectivity index (χ1v) is 7.47. The number of hydrogen-bond donors (Lipinski definition) is 4. The predicted octanol–water partition coefficient (Wildman–Crippen LogP) is 1.98. The molecule has 0 aliphatic rings. The number of phenolic OH excluding ortho intramolecular Hbond substituents is 1. The van der Waals surface area contributed by atoms with Gasteiger partial charge in [0.1, 0.15) is 11.9 Å². The van der Waals surface area contributed by atoms with Gasteiger partial charge in [0.05, 0.1) is 6.10 Å². The molecule has 0 fully saturated rings. The molecule has 0 saturated heterocycles. The van der Waals surface area contributed by atoms with Gasteiger partial charge >= 0.3 is 0 Å². The lowest BCUT2D eigenvalue weighted by molar-refractivity contribution is -0.119. The third-order valence-corrected chi connectivity index (χ3v) is 3.63. The lowest BCUT2D eigenvalue weighted by atomic mass is 9.98. The molecule has 23 heavy (non-hydrogen) atoms. The van der Waals surface area contributed by atoms with E-state index in [-0.39, 0.29) is 18.1 Å². The van der Waals surface area contributed by atoms with E-state index >= 15 is 0 Å². The van der Waals surface area contributed by atoms with Crippen molar-refractivity contribution in [1.82, 2.24) is 5.32 Å². The van der Waals surface area contributed by atoms with Crippen LogP contribution in [0.3, 0.4) is 0 Å². The first-order chi connectivity index (χ1) is 11.0. The molecule has 0 aliphatic carbocycles. The Balaban J connectivity index is 2.00. The lowest BCUT2D eigenvalue weighted by Gasteiger charge is -2.18. The van der Waals surface area contributed by atoms with Crippen molar-refractivity contribution in [3.63, 3.8) is 0 Å². The minimum absolute atomic E-state index is 0.162. The van der Waals surface area contributed by atoms with E-state index in [0.717, 1.165) is 11.1 Å². The van der Waals surface area contributed by atoms with Crippen LogP contribution in [0.25, 0.3) is 11.1 Å². The van der Waals surface area contributed by atoms with Gasteiger partial charge < -0.3 is 20.6 Å². The van der Waals surface area contributed by atoms with E-state index in [4.69, 9.17) is 0 Å². The molecule has 122 valence electrons. The molecule has 1 amide bonds. The first-order valence-electron chi connectivity index (χ1n) is 7.47. The van der Waals surface area contributed by atoms with Crippen molar-refractivity contribution in [1.29, 1.82) is 0 Å². The molecule has 0 heterocycles. The highest BCUT2D eigenvalue weighted by Gasteiger charge is 2.18. The molecule has 2 aromatic carbocycles. The van der Waals surface area contributed by atoms with Crippen LogP contribution < -0.4 is 5.32 Å². The minimum atomic E-state index is -1.00. The molecular weight excluding hydrogens is 294 g/mol. The standard InChI is InChI=1S/C18H21NO4/c1-12(20)19-11-10-17(22)18(23)15-4-2-13(3-5-15)14-6-8-16(21)9-7-14/h2-9,17-18,21-23H,10-11H2,1H3,(H,19,20). The van der Waals surface area contributed by atoms with Gasteiger partial charge in [0.15, 0.2) is 0 Å². The maximum Gasteiger partial charge on any atom is 0.216 e. The molecule has 5 nitrogen and oxygen atoms in total. The summed E-state index contributed by atoms with van der Waals surface area (Å²) in [4.78, 5) is 10.8. The van der Waals surface area contributed by atoms with Gasteiger partial charge in [0.25, 0.3) is 0 Å². The van der Waals surface area contributed by atoms with Gasteiger partial charge in [-0.1, -0.05) is 36.4 Å². The van der Waals surface area contributed by atoms with Crippen molar-refractivity contribution in [2.45, 2.75) is 25.6 Å². The van der Waals surface area contributed by atoms with Crippen LogP contribution in [0.5, 0.6) is 5.75 Å². The van der Waals surface area contributed by atoms with Crippen LogP contribution in [0.1, 0.15) is 25.0 Å². The van der Waals surface area contributed by atoms with Gasteiger partial charge in [-0.15, -0.1) is 0 Å². The van der Waals surface area contributed by atoms with Crippen LogP contribution in [-0.2, 0) is 4.79 Å². The molecule has 2 aromatic rings. The number of aliphatic hydroxyl groups excluding tert-OH is 2. The average molecular weight is 315 g/mol. The van der Waals surface area contributed by atoms with Crippen molar-refractivity contribution in [2.75, 3.05) is 6.54 Å². The second kappa shape index (κ2) is 7.76. The molecule has 0 saturated carbocycles. The summed E-state index contributed by atoms with van der Waals surface area (Å²) in [5.74, 6) is 0.0491. The van der Waals surface area contributed by atoms with Crippen molar-refractivity contribution >= 4 is 5.91 Å². The summed E-state index contributed by atoms with van der Waals surface area (Å²) in [6, 6.07) is 14.1. The van der Waals surface area contributed by atoms with Gasteiger partial charge in [-0.2, -0.15) is 0 Å². The van der Waals surface area contributed by atoms with Gasteiger partial charge in [0.2, 0.25) is 5.91 Å². The normalized spacial score (nSPS) is 13.3. The zero-order chi connectivity index (χ0) is 16.8. The zero-order valence-corrected chi connectivity index (χ0v) is 12.9. The van der Waals surface area contributed by atoms with Crippen LogP contribution in [0, 0.1) is 0 Å². The highest BCUT2D eigenvalue weighted by molar-refractivity contribution is 5.72. The SMILES string of the molecule is CC(=O)NCCC(O)C(O)c1ccc(-c2ccc(O)cc2)cc1. The maximum absolute atomic E-state index is 10.8. The number of nitrogens with one attached hydrogen (secondary N) is 1. The number of carbonyl (C=O) groups is 1. The Hall–Kier alpha value is -2.37. The van der Waals surface area contributed by atoms with E-state index in [1.807, 2.05) is 24.3 Å². The van der Waals surface area contributed by atoms with E-state index in [1.165, 1.54) is 6.92 Å². The fourth-order valence-electron chi connectivity index (χ4n) is 2.30. The molecule has 0 spiro atoms. The van der Waals surface area contributed by atoms with Crippen LogP contribution in [0.2, 0.25) is 0 Å². The summed E-state index contributed by atoms with van der Waals surface area (Å²) >= 11 is 0. The smallest absolute Gasteiger partial charge is 0.216 e. The fraction of sp³-hybridized carbons (Fsp3) is 0.278.